The number of hydrogen-bond acceptors (Lipinski definition) is 4. The van der Waals surface area contributed by atoms with Crippen molar-refractivity contribution in [2.75, 3.05) is 18.9 Å². The lowest BCUT2D eigenvalue weighted by Gasteiger charge is -2.27. The second-order valence-electron chi connectivity index (χ2n) is 4.81. The molecule has 0 aromatic rings. The van der Waals surface area contributed by atoms with Crippen LogP contribution in [0.5, 0.6) is 0 Å². The van der Waals surface area contributed by atoms with Crippen molar-refractivity contribution in [2.45, 2.75) is 51.2 Å². The topological polar surface area (TPSA) is 81.4 Å². The quantitative estimate of drug-likeness (QED) is 0.735. The van der Waals surface area contributed by atoms with E-state index in [4.69, 9.17) is 10.5 Å². The van der Waals surface area contributed by atoms with Gasteiger partial charge in [0.2, 0.25) is 10.0 Å². The summed E-state index contributed by atoms with van der Waals surface area (Å²) >= 11 is 0. The molecule has 0 amide bonds. The molecule has 1 aliphatic heterocycles. The average Bonchev–Trinajstić information content (AvgIpc) is 2.78. The first-order chi connectivity index (χ1) is 7.91. The molecule has 1 unspecified atom stereocenters. The fourth-order valence-electron chi connectivity index (χ4n) is 1.83. The van der Waals surface area contributed by atoms with Crippen LogP contribution in [0.4, 0.5) is 0 Å². The van der Waals surface area contributed by atoms with E-state index < -0.39 is 15.6 Å². The van der Waals surface area contributed by atoms with Crippen LogP contribution in [0.2, 0.25) is 0 Å². The fraction of sp³-hybridized carbons (Fsp3) is 1.00. The molecule has 110 valence electrons. The Bertz CT molecular complexity index is 325. The van der Waals surface area contributed by atoms with E-state index in [1.54, 1.807) is 0 Å². The number of nitrogens with one attached hydrogen (secondary N) is 1. The Morgan fingerprint density at radius 2 is 2.00 bits per heavy atom. The molecule has 0 aromatic carbocycles. The fourth-order valence-corrected chi connectivity index (χ4v) is 3.21. The molecule has 0 aliphatic carbocycles. The molecule has 1 saturated heterocycles. The Balaban J connectivity index is 0.00000289. The van der Waals surface area contributed by atoms with Gasteiger partial charge in [-0.25, -0.2) is 13.1 Å². The maximum atomic E-state index is 11.8. The summed E-state index contributed by atoms with van der Waals surface area (Å²) in [5.74, 6) is 0.0521. The van der Waals surface area contributed by atoms with E-state index in [0.717, 1.165) is 25.7 Å². The third kappa shape index (κ3) is 5.84. The highest BCUT2D eigenvalue weighted by Crippen LogP contribution is 2.14. The van der Waals surface area contributed by atoms with Gasteiger partial charge in [-0.2, -0.15) is 0 Å². The van der Waals surface area contributed by atoms with Gasteiger partial charge in [-0.05, 0) is 25.7 Å². The predicted octanol–water partition coefficient (Wildman–Crippen LogP) is 1.02. The highest BCUT2D eigenvalue weighted by Gasteiger charge is 2.26. The van der Waals surface area contributed by atoms with Crippen molar-refractivity contribution in [2.24, 2.45) is 5.73 Å². The normalized spacial score (nSPS) is 20.7. The average molecular weight is 301 g/mol. The van der Waals surface area contributed by atoms with Gasteiger partial charge in [-0.1, -0.05) is 13.8 Å². The Kier molecular flexibility index (Phi) is 7.70. The largest absolute Gasteiger partial charge is 0.377 e. The third-order valence-corrected chi connectivity index (χ3v) is 4.88. The van der Waals surface area contributed by atoms with E-state index >= 15 is 0 Å². The van der Waals surface area contributed by atoms with Gasteiger partial charge < -0.3 is 10.5 Å². The summed E-state index contributed by atoms with van der Waals surface area (Å²) in [4.78, 5) is 0. The zero-order valence-electron chi connectivity index (χ0n) is 11.1. The first kappa shape index (κ1) is 18.1. The number of halogens is 1. The monoisotopic (exact) mass is 300 g/mol. The second kappa shape index (κ2) is 7.65. The van der Waals surface area contributed by atoms with Crippen LogP contribution in [0, 0.1) is 0 Å². The zero-order valence-corrected chi connectivity index (χ0v) is 12.8. The van der Waals surface area contributed by atoms with Gasteiger partial charge in [0, 0.05) is 18.7 Å². The molecule has 0 saturated carbocycles. The van der Waals surface area contributed by atoms with E-state index in [2.05, 4.69) is 4.72 Å². The lowest BCUT2D eigenvalue weighted by molar-refractivity contribution is 0.127. The summed E-state index contributed by atoms with van der Waals surface area (Å²) < 4.78 is 31.6. The van der Waals surface area contributed by atoms with Crippen molar-refractivity contribution in [3.63, 3.8) is 0 Å². The molecule has 5 nitrogen and oxygen atoms in total. The van der Waals surface area contributed by atoms with E-state index in [9.17, 15) is 8.42 Å². The molecule has 18 heavy (non-hydrogen) atoms. The lowest BCUT2D eigenvalue weighted by atomic mass is 9.95. The van der Waals surface area contributed by atoms with Crippen LogP contribution in [-0.2, 0) is 14.8 Å². The Labute approximate surface area is 116 Å². The minimum Gasteiger partial charge on any atom is -0.377 e. The molecule has 7 heteroatoms. The Morgan fingerprint density at radius 3 is 2.44 bits per heavy atom. The number of sulfonamides is 1. The summed E-state index contributed by atoms with van der Waals surface area (Å²) in [5.41, 5.74) is 5.61. The molecule has 3 N–H and O–H groups in total. The zero-order chi connectivity index (χ0) is 12.9. The van der Waals surface area contributed by atoms with Crippen LogP contribution in [-0.4, -0.2) is 39.0 Å². The van der Waals surface area contributed by atoms with Crippen LogP contribution in [0.25, 0.3) is 0 Å². The van der Waals surface area contributed by atoms with Crippen molar-refractivity contribution in [3.8, 4) is 0 Å². The number of nitrogens with two attached hydrogens (primary N) is 1. The van der Waals surface area contributed by atoms with Gasteiger partial charge in [0.15, 0.2) is 0 Å². The SMILES string of the molecule is CCC(N)(CC)CNS(=O)(=O)CC1CCCO1.Cl. The van der Waals surface area contributed by atoms with Crippen LogP contribution in [0.15, 0.2) is 0 Å². The summed E-state index contributed by atoms with van der Waals surface area (Å²) in [6.45, 7) is 4.91. The molecule has 1 rings (SSSR count). The van der Waals surface area contributed by atoms with Gasteiger partial charge in [0.1, 0.15) is 0 Å². The molecular weight excluding hydrogens is 276 g/mol. The number of ether oxygens (including phenoxy) is 1. The molecular formula is C11H25ClN2O3S. The maximum absolute atomic E-state index is 11.8. The minimum atomic E-state index is -3.27. The molecule has 0 radical (unpaired) electrons. The highest BCUT2D eigenvalue weighted by molar-refractivity contribution is 7.89. The standard InChI is InChI=1S/C11H24N2O3S.ClH/c1-3-11(12,4-2)9-13-17(14,15)8-10-6-5-7-16-10;/h10,13H,3-9,12H2,1-2H3;1H. The molecule has 1 atom stereocenters. The molecule has 0 spiro atoms. The number of rotatable bonds is 7. The van der Waals surface area contributed by atoms with Crippen LogP contribution >= 0.6 is 12.4 Å². The predicted molar refractivity (Wildman–Crippen MR) is 75.5 cm³/mol. The maximum Gasteiger partial charge on any atom is 0.214 e. The van der Waals surface area contributed by atoms with Gasteiger partial charge in [0.25, 0.3) is 0 Å². The van der Waals surface area contributed by atoms with Crippen LogP contribution in [0.1, 0.15) is 39.5 Å². The molecule has 1 aliphatic rings. The van der Waals surface area contributed by atoms with E-state index in [1.165, 1.54) is 0 Å². The van der Waals surface area contributed by atoms with Crippen LogP contribution < -0.4 is 10.5 Å². The highest BCUT2D eigenvalue weighted by atomic mass is 35.5. The first-order valence-electron chi connectivity index (χ1n) is 6.28. The van der Waals surface area contributed by atoms with Crippen LogP contribution in [0.3, 0.4) is 0 Å². The van der Waals surface area contributed by atoms with Crippen molar-refractivity contribution in [1.29, 1.82) is 0 Å². The molecule has 0 bridgehead atoms. The van der Waals surface area contributed by atoms with Crippen molar-refractivity contribution in [1.82, 2.24) is 4.72 Å². The van der Waals surface area contributed by atoms with Gasteiger partial charge in [0.05, 0.1) is 11.9 Å². The van der Waals surface area contributed by atoms with Gasteiger partial charge in [-0.15, -0.1) is 12.4 Å². The first-order valence-corrected chi connectivity index (χ1v) is 7.94. The summed E-state index contributed by atoms with van der Waals surface area (Å²) in [6.07, 6.45) is 3.14. The van der Waals surface area contributed by atoms with E-state index in [0.29, 0.717) is 13.2 Å². The summed E-state index contributed by atoms with van der Waals surface area (Å²) in [5, 5.41) is 0. The van der Waals surface area contributed by atoms with Gasteiger partial charge in [-0.3, -0.25) is 0 Å². The van der Waals surface area contributed by atoms with Crippen molar-refractivity contribution in [3.05, 3.63) is 0 Å². The lowest BCUT2D eigenvalue weighted by Crippen LogP contribution is -2.50. The summed E-state index contributed by atoms with van der Waals surface area (Å²) in [7, 11) is -3.27. The molecule has 0 aromatic heterocycles. The molecule has 1 fully saturated rings. The second-order valence-corrected chi connectivity index (χ2v) is 6.66. The molecule has 1 heterocycles. The number of hydrogen-bond donors (Lipinski definition) is 2. The van der Waals surface area contributed by atoms with Crippen molar-refractivity contribution >= 4 is 22.4 Å². The van der Waals surface area contributed by atoms with Crippen molar-refractivity contribution < 1.29 is 13.2 Å². The summed E-state index contributed by atoms with van der Waals surface area (Å²) in [6, 6.07) is 0. The van der Waals surface area contributed by atoms with E-state index in [1.807, 2.05) is 13.8 Å². The van der Waals surface area contributed by atoms with Gasteiger partial charge >= 0.3 is 0 Å². The smallest absolute Gasteiger partial charge is 0.214 e. The third-order valence-electron chi connectivity index (χ3n) is 3.48. The minimum absolute atomic E-state index is 0. The van der Waals surface area contributed by atoms with E-state index in [-0.39, 0.29) is 24.3 Å². The Hall–Kier alpha value is 0.120. The Morgan fingerprint density at radius 1 is 1.39 bits per heavy atom.